The molecule has 2 aliphatic rings. The second-order valence-electron chi connectivity index (χ2n) is 3.17. The van der Waals surface area contributed by atoms with Crippen LogP contribution in [-0.2, 0) is 14.3 Å². The van der Waals surface area contributed by atoms with Gasteiger partial charge in [-0.3, -0.25) is 9.69 Å². The largest absolute Gasteiger partial charge is 0.462 e. The minimum absolute atomic E-state index is 0.0140. The summed E-state index contributed by atoms with van der Waals surface area (Å²) in [6.45, 7) is 1.92. The van der Waals surface area contributed by atoms with Gasteiger partial charge in [-0.25, -0.2) is 9.79 Å². The first-order chi connectivity index (χ1) is 7.74. The Labute approximate surface area is 92.3 Å². The van der Waals surface area contributed by atoms with E-state index in [9.17, 15) is 9.59 Å². The molecule has 6 nitrogen and oxygen atoms in total. The molecule has 0 saturated carbocycles. The maximum absolute atomic E-state index is 11.9. The van der Waals surface area contributed by atoms with Crippen molar-refractivity contribution in [3.05, 3.63) is 24.0 Å². The summed E-state index contributed by atoms with van der Waals surface area (Å²) in [6.07, 6.45) is 5.67. The van der Waals surface area contributed by atoms with E-state index in [0.717, 1.165) is 0 Å². The molecule has 0 saturated heterocycles. The van der Waals surface area contributed by atoms with Gasteiger partial charge in [-0.2, -0.15) is 0 Å². The van der Waals surface area contributed by atoms with Crippen LogP contribution in [0.15, 0.2) is 29.0 Å². The Balaban J connectivity index is 2.20. The Hall–Kier alpha value is -2.11. The normalized spacial score (nSPS) is 22.3. The average Bonchev–Trinajstić information content (AvgIpc) is 2.30. The smallest absolute Gasteiger partial charge is 0.345 e. The summed E-state index contributed by atoms with van der Waals surface area (Å²) >= 11 is 0. The third kappa shape index (κ3) is 1.69. The molecule has 0 aromatic rings. The van der Waals surface area contributed by atoms with Gasteiger partial charge in [0.25, 0.3) is 5.91 Å². The zero-order chi connectivity index (χ0) is 11.5. The van der Waals surface area contributed by atoms with Gasteiger partial charge < -0.3 is 10.1 Å². The highest BCUT2D eigenvalue weighted by atomic mass is 16.5. The predicted molar refractivity (Wildman–Crippen MR) is 56.1 cm³/mol. The number of nitrogens with one attached hydrogen (secondary N) is 1. The first-order valence-electron chi connectivity index (χ1n) is 4.90. The topological polar surface area (TPSA) is 71.0 Å². The highest BCUT2D eigenvalue weighted by Gasteiger charge is 2.32. The summed E-state index contributed by atoms with van der Waals surface area (Å²) in [5, 5.41) is 2.83. The van der Waals surface area contributed by atoms with Crippen molar-refractivity contribution in [1.82, 2.24) is 10.2 Å². The summed E-state index contributed by atoms with van der Waals surface area (Å²) < 4.78 is 4.77. The van der Waals surface area contributed by atoms with Crippen LogP contribution < -0.4 is 5.32 Å². The summed E-state index contributed by atoms with van der Waals surface area (Å²) in [4.78, 5) is 28.7. The standard InChI is InChI=1S/C10H11N3O3/c1-2-16-9(15)7-6-12-10-11-4-3-5-13(10)8(7)14/h3-6,10,12H,2H2,1H3. The van der Waals surface area contributed by atoms with Gasteiger partial charge in [0.05, 0.1) is 6.61 Å². The lowest BCUT2D eigenvalue weighted by atomic mass is 10.2. The number of hydrogen-bond acceptors (Lipinski definition) is 5. The second kappa shape index (κ2) is 4.18. The minimum atomic E-state index is -0.624. The van der Waals surface area contributed by atoms with E-state index in [-0.39, 0.29) is 12.2 Å². The molecule has 0 aliphatic carbocycles. The third-order valence-electron chi connectivity index (χ3n) is 2.16. The highest BCUT2D eigenvalue weighted by molar-refractivity contribution is 6.17. The van der Waals surface area contributed by atoms with E-state index in [1.807, 2.05) is 0 Å². The van der Waals surface area contributed by atoms with Crippen molar-refractivity contribution in [2.45, 2.75) is 13.2 Å². The van der Waals surface area contributed by atoms with E-state index in [2.05, 4.69) is 10.3 Å². The van der Waals surface area contributed by atoms with Crippen LogP contribution in [0.5, 0.6) is 0 Å². The van der Waals surface area contributed by atoms with Crippen molar-refractivity contribution in [2.75, 3.05) is 6.61 Å². The lowest BCUT2D eigenvalue weighted by Crippen LogP contribution is -2.49. The maximum Gasteiger partial charge on any atom is 0.345 e. The van der Waals surface area contributed by atoms with Gasteiger partial charge in [0, 0.05) is 18.6 Å². The molecule has 1 atom stereocenters. The summed E-state index contributed by atoms with van der Waals surface area (Å²) in [5.41, 5.74) is -0.0140. The number of carbonyl (C=O) groups excluding carboxylic acids is 2. The molecule has 1 unspecified atom stereocenters. The quantitative estimate of drug-likeness (QED) is 0.515. The van der Waals surface area contributed by atoms with Gasteiger partial charge in [0.2, 0.25) is 6.29 Å². The highest BCUT2D eigenvalue weighted by Crippen LogP contribution is 2.15. The molecule has 2 aliphatic heterocycles. The Bertz CT molecular complexity index is 412. The molecule has 0 aromatic heterocycles. The molecule has 1 amide bonds. The van der Waals surface area contributed by atoms with Crippen molar-refractivity contribution >= 4 is 18.1 Å². The molecule has 0 aromatic carbocycles. The zero-order valence-corrected chi connectivity index (χ0v) is 8.71. The maximum atomic E-state index is 11.9. The molecule has 0 fully saturated rings. The van der Waals surface area contributed by atoms with Crippen LogP contribution >= 0.6 is 0 Å². The Kier molecular flexibility index (Phi) is 2.72. The molecule has 2 heterocycles. The summed E-state index contributed by atoms with van der Waals surface area (Å²) in [5.74, 6) is -1.03. The minimum Gasteiger partial charge on any atom is -0.462 e. The number of esters is 1. The average molecular weight is 221 g/mol. The summed E-state index contributed by atoms with van der Waals surface area (Å²) in [7, 11) is 0. The number of carbonyl (C=O) groups is 2. The van der Waals surface area contributed by atoms with E-state index < -0.39 is 18.2 Å². The molecular weight excluding hydrogens is 210 g/mol. The molecule has 0 radical (unpaired) electrons. The molecule has 2 rings (SSSR count). The van der Waals surface area contributed by atoms with Crippen LogP contribution in [0.1, 0.15) is 6.92 Å². The second-order valence-corrected chi connectivity index (χ2v) is 3.17. The number of rotatable bonds is 2. The van der Waals surface area contributed by atoms with Gasteiger partial charge in [-0.1, -0.05) is 0 Å². The van der Waals surface area contributed by atoms with E-state index in [1.165, 1.54) is 11.1 Å². The van der Waals surface area contributed by atoms with Gasteiger partial charge in [0.15, 0.2) is 0 Å². The first-order valence-corrected chi connectivity index (χ1v) is 4.90. The van der Waals surface area contributed by atoms with E-state index in [4.69, 9.17) is 4.74 Å². The molecule has 0 bridgehead atoms. The van der Waals surface area contributed by atoms with Crippen molar-refractivity contribution < 1.29 is 14.3 Å². The van der Waals surface area contributed by atoms with E-state index in [1.54, 1.807) is 25.4 Å². The zero-order valence-electron chi connectivity index (χ0n) is 8.71. The van der Waals surface area contributed by atoms with Crippen LogP contribution in [0, 0.1) is 0 Å². The lowest BCUT2D eigenvalue weighted by Gasteiger charge is -2.31. The van der Waals surface area contributed by atoms with E-state index >= 15 is 0 Å². The fraction of sp³-hybridized carbons (Fsp3) is 0.300. The molecule has 84 valence electrons. The number of hydrogen-bond donors (Lipinski definition) is 1. The number of fused-ring (bicyclic) bond motifs is 1. The van der Waals surface area contributed by atoms with E-state index in [0.29, 0.717) is 0 Å². The van der Waals surface area contributed by atoms with Crippen molar-refractivity contribution in [1.29, 1.82) is 0 Å². The Morgan fingerprint density at radius 1 is 1.69 bits per heavy atom. The Morgan fingerprint density at radius 2 is 2.50 bits per heavy atom. The third-order valence-corrected chi connectivity index (χ3v) is 2.16. The van der Waals surface area contributed by atoms with Crippen LogP contribution in [0.2, 0.25) is 0 Å². The SMILES string of the molecule is CCOC(=O)C1=CNC2N=CC=CN2C1=O. The lowest BCUT2D eigenvalue weighted by molar-refractivity contribution is -0.142. The van der Waals surface area contributed by atoms with Crippen LogP contribution in [0.4, 0.5) is 0 Å². The van der Waals surface area contributed by atoms with Crippen molar-refractivity contribution in [3.63, 3.8) is 0 Å². The monoisotopic (exact) mass is 221 g/mol. The first kappa shape index (κ1) is 10.4. The van der Waals surface area contributed by atoms with Gasteiger partial charge >= 0.3 is 5.97 Å². The van der Waals surface area contributed by atoms with Crippen molar-refractivity contribution in [2.24, 2.45) is 4.99 Å². The van der Waals surface area contributed by atoms with Gasteiger partial charge in [-0.15, -0.1) is 0 Å². The number of ether oxygens (including phenoxy) is 1. The van der Waals surface area contributed by atoms with Crippen LogP contribution in [0.25, 0.3) is 0 Å². The van der Waals surface area contributed by atoms with Crippen LogP contribution in [-0.4, -0.2) is 35.9 Å². The van der Waals surface area contributed by atoms with Gasteiger partial charge in [-0.05, 0) is 13.0 Å². The van der Waals surface area contributed by atoms with Crippen molar-refractivity contribution in [3.8, 4) is 0 Å². The molecule has 6 heteroatoms. The molecular formula is C10H11N3O3. The number of allylic oxidation sites excluding steroid dienone is 1. The fourth-order valence-electron chi connectivity index (χ4n) is 1.43. The summed E-state index contributed by atoms with van der Waals surface area (Å²) in [6, 6.07) is 0. The molecule has 0 spiro atoms. The fourth-order valence-corrected chi connectivity index (χ4v) is 1.43. The van der Waals surface area contributed by atoms with Gasteiger partial charge in [0.1, 0.15) is 5.57 Å². The molecule has 1 N–H and O–H groups in total. The number of nitrogens with zero attached hydrogens (tertiary/aromatic N) is 2. The van der Waals surface area contributed by atoms with Crippen LogP contribution in [0.3, 0.4) is 0 Å². The number of aliphatic imine (C=N–C) groups is 1. The number of amides is 1. The molecule has 16 heavy (non-hydrogen) atoms. The Morgan fingerprint density at radius 3 is 3.25 bits per heavy atom. The predicted octanol–water partition coefficient (Wildman–Crippen LogP) is -0.253.